The molecule has 140 valence electrons. The number of thiazole rings is 1. The molecular weight excluding hydrogens is 386 g/mol. The molecule has 1 aliphatic carbocycles. The lowest BCUT2D eigenvalue weighted by molar-refractivity contribution is 0.102. The Labute approximate surface area is 160 Å². The minimum atomic E-state index is -3.52. The molecule has 1 aromatic carbocycles. The topological polar surface area (TPSA) is 101 Å². The fourth-order valence-electron chi connectivity index (χ4n) is 2.44. The van der Waals surface area contributed by atoms with Crippen LogP contribution in [0.5, 0.6) is 0 Å². The molecule has 4 rings (SSSR count). The third kappa shape index (κ3) is 4.26. The Bertz CT molecular complexity index is 1040. The van der Waals surface area contributed by atoms with Crippen molar-refractivity contribution in [1.29, 1.82) is 0 Å². The second kappa shape index (κ2) is 7.26. The summed E-state index contributed by atoms with van der Waals surface area (Å²) in [6.07, 6.45) is 3.70. The van der Waals surface area contributed by atoms with Gasteiger partial charge < -0.3 is 9.73 Å². The monoisotopic (exact) mass is 403 g/mol. The van der Waals surface area contributed by atoms with Gasteiger partial charge in [0.2, 0.25) is 10.0 Å². The van der Waals surface area contributed by atoms with Crippen LogP contribution in [0.25, 0.3) is 10.8 Å². The van der Waals surface area contributed by atoms with Crippen LogP contribution < -0.4 is 10.0 Å². The molecule has 1 aliphatic rings. The van der Waals surface area contributed by atoms with E-state index in [-0.39, 0.29) is 16.5 Å². The van der Waals surface area contributed by atoms with Crippen LogP contribution in [0.1, 0.15) is 23.3 Å². The van der Waals surface area contributed by atoms with E-state index in [9.17, 15) is 13.2 Å². The molecule has 0 bridgehead atoms. The zero-order chi connectivity index (χ0) is 18.9. The number of rotatable bonds is 7. The van der Waals surface area contributed by atoms with E-state index in [4.69, 9.17) is 4.42 Å². The third-order valence-electron chi connectivity index (χ3n) is 4.15. The van der Waals surface area contributed by atoms with E-state index in [0.717, 1.165) is 12.8 Å². The molecule has 0 spiro atoms. The molecule has 0 saturated heterocycles. The number of benzene rings is 1. The zero-order valence-electron chi connectivity index (χ0n) is 14.2. The van der Waals surface area contributed by atoms with E-state index in [1.165, 1.54) is 23.5 Å². The standard InChI is InChI=1S/C18H17N3O4S2/c22-17(15-11-26-18(21-15)16-2-1-9-25-16)20-13-5-7-14(8-6-13)27(23,24)19-10-12-3-4-12/h1-2,5-9,11-12,19H,3-4,10H2,(H,20,22). The molecule has 0 atom stereocenters. The number of carbonyl (C=O) groups is 1. The summed E-state index contributed by atoms with van der Waals surface area (Å²) in [6, 6.07) is 9.59. The molecule has 2 heterocycles. The largest absolute Gasteiger partial charge is 0.462 e. The van der Waals surface area contributed by atoms with Gasteiger partial charge in [-0.15, -0.1) is 11.3 Å². The Kier molecular flexibility index (Phi) is 4.81. The molecule has 7 nitrogen and oxygen atoms in total. The van der Waals surface area contributed by atoms with Gasteiger partial charge in [-0.1, -0.05) is 0 Å². The highest BCUT2D eigenvalue weighted by Crippen LogP contribution is 2.28. The predicted molar refractivity (Wildman–Crippen MR) is 102 cm³/mol. The number of nitrogens with one attached hydrogen (secondary N) is 2. The van der Waals surface area contributed by atoms with Gasteiger partial charge in [-0.05, 0) is 55.2 Å². The number of amides is 1. The fraction of sp³-hybridized carbons (Fsp3) is 0.222. The van der Waals surface area contributed by atoms with Crippen LogP contribution in [0.2, 0.25) is 0 Å². The predicted octanol–water partition coefficient (Wildman–Crippen LogP) is 3.34. The Morgan fingerprint density at radius 1 is 1.22 bits per heavy atom. The van der Waals surface area contributed by atoms with E-state index < -0.39 is 10.0 Å². The Morgan fingerprint density at radius 3 is 2.67 bits per heavy atom. The Hall–Kier alpha value is -2.49. The van der Waals surface area contributed by atoms with Crippen molar-refractivity contribution < 1.29 is 17.6 Å². The molecular formula is C18H17N3O4S2. The summed E-state index contributed by atoms with van der Waals surface area (Å²) in [4.78, 5) is 16.8. The van der Waals surface area contributed by atoms with Gasteiger partial charge in [0.05, 0.1) is 11.2 Å². The molecule has 1 amide bonds. The maximum absolute atomic E-state index is 12.3. The highest BCUT2D eigenvalue weighted by molar-refractivity contribution is 7.89. The van der Waals surface area contributed by atoms with Gasteiger partial charge in [-0.3, -0.25) is 4.79 Å². The van der Waals surface area contributed by atoms with Gasteiger partial charge >= 0.3 is 0 Å². The maximum Gasteiger partial charge on any atom is 0.275 e. The van der Waals surface area contributed by atoms with Crippen LogP contribution in [0.4, 0.5) is 5.69 Å². The van der Waals surface area contributed by atoms with Gasteiger partial charge in [-0.25, -0.2) is 18.1 Å². The number of aromatic nitrogens is 1. The van der Waals surface area contributed by atoms with Crippen molar-refractivity contribution in [2.45, 2.75) is 17.7 Å². The van der Waals surface area contributed by atoms with Crippen molar-refractivity contribution in [2.75, 3.05) is 11.9 Å². The molecule has 2 N–H and O–H groups in total. The summed E-state index contributed by atoms with van der Waals surface area (Å²) in [7, 11) is -3.52. The summed E-state index contributed by atoms with van der Waals surface area (Å²) < 4.78 is 32.3. The first-order valence-corrected chi connectivity index (χ1v) is 10.8. The quantitative estimate of drug-likeness (QED) is 0.630. The van der Waals surface area contributed by atoms with Crippen LogP contribution in [-0.2, 0) is 10.0 Å². The smallest absolute Gasteiger partial charge is 0.275 e. The van der Waals surface area contributed by atoms with Gasteiger partial charge in [0.15, 0.2) is 10.8 Å². The van der Waals surface area contributed by atoms with E-state index in [1.54, 1.807) is 35.9 Å². The molecule has 2 aromatic heterocycles. The SMILES string of the molecule is O=C(Nc1ccc(S(=O)(=O)NCC2CC2)cc1)c1csc(-c2ccco2)n1. The number of sulfonamides is 1. The molecule has 1 fully saturated rings. The average molecular weight is 403 g/mol. The molecule has 0 unspecified atom stereocenters. The van der Waals surface area contributed by atoms with Crippen LogP contribution in [-0.4, -0.2) is 25.9 Å². The van der Waals surface area contributed by atoms with E-state index >= 15 is 0 Å². The molecule has 3 aromatic rings. The minimum Gasteiger partial charge on any atom is -0.462 e. The fourth-order valence-corrected chi connectivity index (χ4v) is 4.32. The first-order valence-electron chi connectivity index (χ1n) is 8.42. The maximum atomic E-state index is 12.3. The van der Waals surface area contributed by atoms with E-state index in [2.05, 4.69) is 15.0 Å². The lowest BCUT2D eigenvalue weighted by Gasteiger charge is -2.07. The van der Waals surface area contributed by atoms with Crippen LogP contribution in [0.3, 0.4) is 0 Å². The highest BCUT2D eigenvalue weighted by Gasteiger charge is 2.24. The number of hydrogen-bond acceptors (Lipinski definition) is 6. The Balaban J connectivity index is 1.41. The van der Waals surface area contributed by atoms with E-state index in [0.29, 0.717) is 28.9 Å². The van der Waals surface area contributed by atoms with Crippen molar-refractivity contribution in [3.8, 4) is 10.8 Å². The first kappa shape index (κ1) is 17.9. The van der Waals surface area contributed by atoms with Crippen molar-refractivity contribution in [3.63, 3.8) is 0 Å². The average Bonchev–Trinajstić information content (AvgIpc) is 3.11. The molecule has 9 heteroatoms. The summed E-state index contributed by atoms with van der Waals surface area (Å²) in [5.74, 6) is 0.696. The number of hydrogen-bond donors (Lipinski definition) is 2. The number of anilines is 1. The van der Waals surface area contributed by atoms with Crippen LogP contribution >= 0.6 is 11.3 Å². The van der Waals surface area contributed by atoms with Gasteiger partial charge in [-0.2, -0.15) is 0 Å². The number of furan rings is 1. The molecule has 0 radical (unpaired) electrons. The zero-order valence-corrected chi connectivity index (χ0v) is 15.8. The van der Waals surface area contributed by atoms with Gasteiger partial charge in [0.1, 0.15) is 5.69 Å². The van der Waals surface area contributed by atoms with Crippen molar-refractivity contribution in [2.24, 2.45) is 5.92 Å². The number of nitrogens with zero attached hydrogens (tertiary/aromatic N) is 1. The van der Waals surface area contributed by atoms with Crippen LogP contribution in [0, 0.1) is 5.92 Å². The number of carbonyl (C=O) groups excluding carboxylic acids is 1. The summed E-state index contributed by atoms with van der Waals surface area (Å²) in [5, 5.41) is 4.98. The van der Waals surface area contributed by atoms with Crippen molar-refractivity contribution >= 4 is 33.0 Å². The molecule has 27 heavy (non-hydrogen) atoms. The highest BCUT2D eigenvalue weighted by atomic mass is 32.2. The summed E-state index contributed by atoms with van der Waals surface area (Å²) in [6.45, 7) is 0.475. The summed E-state index contributed by atoms with van der Waals surface area (Å²) >= 11 is 1.31. The van der Waals surface area contributed by atoms with Gasteiger partial charge in [0.25, 0.3) is 5.91 Å². The van der Waals surface area contributed by atoms with Crippen molar-refractivity contribution in [1.82, 2.24) is 9.71 Å². The van der Waals surface area contributed by atoms with E-state index in [1.807, 2.05) is 0 Å². The van der Waals surface area contributed by atoms with Crippen LogP contribution in [0.15, 0.2) is 57.4 Å². The lowest BCUT2D eigenvalue weighted by atomic mass is 10.3. The second-order valence-corrected chi connectivity index (χ2v) is 8.91. The first-order chi connectivity index (χ1) is 13.0. The third-order valence-corrected chi connectivity index (χ3v) is 6.45. The molecule has 1 saturated carbocycles. The second-order valence-electron chi connectivity index (χ2n) is 6.29. The normalized spacial score (nSPS) is 14.2. The van der Waals surface area contributed by atoms with Crippen molar-refractivity contribution in [3.05, 3.63) is 53.7 Å². The Morgan fingerprint density at radius 2 is 2.00 bits per heavy atom. The lowest BCUT2D eigenvalue weighted by Crippen LogP contribution is -2.25. The van der Waals surface area contributed by atoms with Gasteiger partial charge in [0, 0.05) is 17.6 Å². The molecule has 0 aliphatic heterocycles. The summed E-state index contributed by atoms with van der Waals surface area (Å²) in [5.41, 5.74) is 0.767. The minimum absolute atomic E-state index is 0.176.